The second-order valence-corrected chi connectivity index (χ2v) is 6.31. The van der Waals surface area contributed by atoms with Gasteiger partial charge in [-0.15, -0.1) is 0 Å². The lowest BCUT2D eigenvalue weighted by molar-refractivity contribution is -0.189. The van der Waals surface area contributed by atoms with E-state index in [1.807, 2.05) is 0 Å². The van der Waals surface area contributed by atoms with Gasteiger partial charge >= 0.3 is 24.2 Å². The van der Waals surface area contributed by atoms with Crippen molar-refractivity contribution in [1.29, 1.82) is 0 Å². The van der Waals surface area contributed by atoms with Crippen LogP contribution in [0.15, 0.2) is 42.6 Å². The summed E-state index contributed by atoms with van der Waals surface area (Å²) in [5.74, 6) is -3.10. The summed E-state index contributed by atoms with van der Waals surface area (Å²) >= 11 is 0. The van der Waals surface area contributed by atoms with E-state index in [0.717, 1.165) is 22.6 Å². The average molecular weight is 434 g/mol. The number of alkyl halides is 6. The number of aryl methyl sites for hydroxylation is 1. The van der Waals surface area contributed by atoms with Crippen molar-refractivity contribution in [3.05, 3.63) is 65.0 Å². The van der Waals surface area contributed by atoms with E-state index in [9.17, 15) is 35.9 Å². The van der Waals surface area contributed by atoms with Crippen molar-refractivity contribution < 1.29 is 40.7 Å². The number of aromatic nitrogens is 1. The van der Waals surface area contributed by atoms with Gasteiger partial charge in [-0.3, -0.25) is 9.78 Å². The molecule has 5 nitrogen and oxygen atoms in total. The van der Waals surface area contributed by atoms with Gasteiger partial charge in [-0.2, -0.15) is 26.3 Å². The molecule has 0 aliphatic carbocycles. The van der Waals surface area contributed by atoms with Crippen LogP contribution in [0.4, 0.5) is 26.3 Å². The number of pyridine rings is 1. The number of rotatable bonds is 5. The number of amides is 1. The molecule has 0 aliphatic rings. The molecule has 1 aromatic heterocycles. The topological polar surface area (TPSA) is 59.5 Å². The number of carbonyl (C=O) groups is 2. The molecule has 0 saturated heterocycles. The molecule has 0 bridgehead atoms. The fourth-order valence-corrected chi connectivity index (χ4v) is 2.41. The Kier molecular flexibility index (Phi) is 7.06. The molecule has 0 fully saturated rings. The highest BCUT2D eigenvalue weighted by atomic mass is 19.4. The standard InChI is InChI=1S/C19H16F6N2O3/c1-12-4-2-3-5-13(12)9-27(16(28)17(29)30-11-18(20,21)22)10-15-7-6-14(8-26-15)19(23,24)25/h2-8H,9-11H2,1H3. The molecular weight excluding hydrogens is 418 g/mol. The minimum atomic E-state index is -4.81. The molecule has 0 radical (unpaired) electrons. The summed E-state index contributed by atoms with van der Waals surface area (Å²) in [5, 5.41) is 0. The highest BCUT2D eigenvalue weighted by Crippen LogP contribution is 2.28. The van der Waals surface area contributed by atoms with Crippen molar-refractivity contribution in [3.63, 3.8) is 0 Å². The van der Waals surface area contributed by atoms with E-state index >= 15 is 0 Å². The summed E-state index contributed by atoms with van der Waals surface area (Å²) in [6.45, 7) is -0.813. The zero-order valence-electron chi connectivity index (χ0n) is 15.5. The van der Waals surface area contributed by atoms with E-state index in [1.54, 1.807) is 31.2 Å². The third-order valence-corrected chi connectivity index (χ3v) is 3.96. The molecule has 2 aromatic rings. The molecule has 0 aliphatic heterocycles. The Labute approximate surface area is 167 Å². The normalized spacial score (nSPS) is 11.8. The molecule has 0 spiro atoms. The number of halogens is 6. The first-order chi connectivity index (χ1) is 13.9. The summed E-state index contributed by atoms with van der Waals surface area (Å²) in [4.78, 5) is 28.7. The second kappa shape index (κ2) is 9.14. The van der Waals surface area contributed by atoms with Gasteiger partial charge in [-0.25, -0.2) is 4.79 Å². The molecule has 1 heterocycles. The summed E-state index contributed by atoms with van der Waals surface area (Å²) in [7, 11) is 0. The number of hydrogen-bond acceptors (Lipinski definition) is 4. The maximum Gasteiger partial charge on any atom is 0.422 e. The van der Waals surface area contributed by atoms with Gasteiger partial charge in [0, 0.05) is 12.7 Å². The van der Waals surface area contributed by atoms with Crippen LogP contribution in [0, 0.1) is 6.92 Å². The minimum absolute atomic E-state index is 0.00792. The van der Waals surface area contributed by atoms with E-state index in [0.29, 0.717) is 11.8 Å². The molecule has 0 atom stereocenters. The fraction of sp³-hybridized carbons (Fsp3) is 0.316. The Morgan fingerprint density at radius 3 is 2.20 bits per heavy atom. The van der Waals surface area contributed by atoms with Crippen LogP contribution >= 0.6 is 0 Å². The molecular formula is C19H16F6N2O3. The zero-order valence-corrected chi connectivity index (χ0v) is 15.5. The first kappa shape index (κ1) is 23.2. The molecule has 1 aromatic carbocycles. The second-order valence-electron chi connectivity index (χ2n) is 6.31. The van der Waals surface area contributed by atoms with E-state index < -0.39 is 42.9 Å². The van der Waals surface area contributed by atoms with Gasteiger partial charge in [0.2, 0.25) is 0 Å². The molecule has 0 saturated carbocycles. The number of carbonyl (C=O) groups excluding carboxylic acids is 2. The Morgan fingerprint density at radius 2 is 1.67 bits per heavy atom. The largest absolute Gasteiger partial charge is 0.449 e. The van der Waals surface area contributed by atoms with Crippen LogP contribution in [0.2, 0.25) is 0 Å². The quantitative estimate of drug-likeness (QED) is 0.405. The van der Waals surface area contributed by atoms with Crippen LogP contribution < -0.4 is 0 Å². The SMILES string of the molecule is Cc1ccccc1CN(Cc1ccc(C(F)(F)F)cn1)C(=O)C(=O)OCC(F)(F)F. The third kappa shape index (κ3) is 6.75. The number of esters is 1. The van der Waals surface area contributed by atoms with E-state index in [-0.39, 0.29) is 12.2 Å². The van der Waals surface area contributed by atoms with Crippen LogP contribution in [0.3, 0.4) is 0 Å². The first-order valence-corrected chi connectivity index (χ1v) is 8.46. The van der Waals surface area contributed by atoms with Crippen molar-refractivity contribution in [2.75, 3.05) is 6.61 Å². The number of hydrogen-bond donors (Lipinski definition) is 0. The van der Waals surface area contributed by atoms with Gasteiger partial charge in [-0.1, -0.05) is 24.3 Å². The van der Waals surface area contributed by atoms with Gasteiger partial charge in [0.1, 0.15) is 0 Å². The highest BCUT2D eigenvalue weighted by molar-refractivity contribution is 6.32. The summed E-state index contributed by atoms with van der Waals surface area (Å²) < 4.78 is 78.8. The van der Waals surface area contributed by atoms with Gasteiger partial charge < -0.3 is 9.64 Å². The first-order valence-electron chi connectivity index (χ1n) is 8.46. The number of benzene rings is 1. The third-order valence-electron chi connectivity index (χ3n) is 3.96. The van der Waals surface area contributed by atoms with Crippen molar-refractivity contribution in [3.8, 4) is 0 Å². The smallest absolute Gasteiger partial charge is 0.422 e. The lowest BCUT2D eigenvalue weighted by Crippen LogP contribution is -2.38. The van der Waals surface area contributed by atoms with Gasteiger partial charge in [0.05, 0.1) is 17.8 Å². The van der Waals surface area contributed by atoms with Crippen LogP contribution in [0.5, 0.6) is 0 Å². The van der Waals surface area contributed by atoms with Crippen LogP contribution in [-0.2, 0) is 33.6 Å². The van der Waals surface area contributed by atoms with Crippen molar-refractivity contribution in [1.82, 2.24) is 9.88 Å². The van der Waals surface area contributed by atoms with Crippen molar-refractivity contribution >= 4 is 11.9 Å². The monoisotopic (exact) mass is 434 g/mol. The van der Waals surface area contributed by atoms with Crippen molar-refractivity contribution in [2.45, 2.75) is 32.4 Å². The molecule has 0 N–H and O–H groups in total. The number of ether oxygens (including phenoxy) is 1. The Bertz CT molecular complexity index is 894. The predicted molar refractivity (Wildman–Crippen MR) is 91.7 cm³/mol. The lowest BCUT2D eigenvalue weighted by atomic mass is 10.1. The predicted octanol–water partition coefficient (Wildman–Crippen LogP) is 4.04. The Balaban J connectivity index is 2.23. The van der Waals surface area contributed by atoms with Gasteiger partial charge in [0.25, 0.3) is 0 Å². The lowest BCUT2D eigenvalue weighted by Gasteiger charge is -2.22. The highest BCUT2D eigenvalue weighted by Gasteiger charge is 2.33. The maximum absolute atomic E-state index is 12.7. The summed E-state index contributed by atoms with van der Waals surface area (Å²) in [5.41, 5.74) is 0.321. The maximum atomic E-state index is 12.7. The molecule has 2 rings (SSSR count). The van der Waals surface area contributed by atoms with E-state index in [1.165, 1.54) is 0 Å². The minimum Gasteiger partial charge on any atom is -0.449 e. The van der Waals surface area contributed by atoms with Gasteiger partial charge in [-0.05, 0) is 30.2 Å². The summed E-state index contributed by atoms with van der Waals surface area (Å²) in [6, 6.07) is 8.50. The van der Waals surface area contributed by atoms with Crippen LogP contribution in [-0.4, -0.2) is 34.5 Å². The molecule has 11 heteroatoms. The Morgan fingerprint density at radius 1 is 1.00 bits per heavy atom. The summed E-state index contributed by atoms with van der Waals surface area (Å²) in [6.07, 6.45) is -8.86. The zero-order chi connectivity index (χ0) is 22.5. The molecule has 30 heavy (non-hydrogen) atoms. The van der Waals surface area contributed by atoms with Crippen LogP contribution in [0.25, 0.3) is 0 Å². The van der Waals surface area contributed by atoms with Crippen molar-refractivity contribution in [2.24, 2.45) is 0 Å². The van der Waals surface area contributed by atoms with E-state index in [4.69, 9.17) is 0 Å². The molecule has 0 unspecified atom stereocenters. The van der Waals surface area contributed by atoms with Crippen LogP contribution in [0.1, 0.15) is 22.4 Å². The molecule has 162 valence electrons. The van der Waals surface area contributed by atoms with Gasteiger partial charge in [0.15, 0.2) is 6.61 Å². The number of nitrogens with zero attached hydrogens (tertiary/aromatic N) is 2. The fourth-order valence-electron chi connectivity index (χ4n) is 2.41. The Hall–Kier alpha value is -3.11. The van der Waals surface area contributed by atoms with E-state index in [2.05, 4.69) is 9.72 Å². The average Bonchev–Trinajstić information content (AvgIpc) is 2.65. The molecule has 1 amide bonds.